The lowest BCUT2D eigenvalue weighted by atomic mass is 9.76. The van der Waals surface area contributed by atoms with Gasteiger partial charge in [0.05, 0.1) is 0 Å². The Balaban J connectivity index is 0.812. The molecule has 77 heavy (non-hydrogen) atoms. The maximum absolute atomic E-state index is 2.61. The fourth-order valence-corrected chi connectivity index (χ4v) is 15.5. The van der Waals surface area contributed by atoms with Gasteiger partial charge in [0.25, 0.3) is 0 Å². The van der Waals surface area contributed by atoms with E-state index >= 15 is 0 Å². The van der Waals surface area contributed by atoms with Crippen LogP contribution in [0.5, 0.6) is 0 Å². The minimum atomic E-state index is -0.184. The van der Waals surface area contributed by atoms with Crippen LogP contribution < -0.4 is 0 Å². The Labute approximate surface area is 462 Å². The lowest BCUT2D eigenvalue weighted by Crippen LogP contribution is -2.17. The van der Waals surface area contributed by atoms with E-state index in [1.165, 1.54) is 130 Å². The van der Waals surface area contributed by atoms with Gasteiger partial charge in [-0.05, 0) is 155 Å². The molecule has 14 rings (SSSR count). The number of rotatable bonds is 12. The Kier molecular flexibility index (Phi) is 12.2. The summed E-state index contributed by atoms with van der Waals surface area (Å²) in [5.41, 5.74) is 23.1. The normalized spacial score (nSPS) is 14.4. The van der Waals surface area contributed by atoms with Crippen molar-refractivity contribution in [1.82, 2.24) is 0 Å². The van der Waals surface area contributed by atoms with Crippen LogP contribution >= 0.6 is 23.1 Å². The van der Waals surface area contributed by atoms with Gasteiger partial charge in [0.2, 0.25) is 0 Å². The summed E-state index contributed by atoms with van der Waals surface area (Å²) in [5.74, 6) is 1.79. The quantitative estimate of drug-likeness (QED) is 0.118. The van der Waals surface area contributed by atoms with Crippen molar-refractivity contribution >= 4 is 54.0 Å². The van der Waals surface area contributed by atoms with Crippen LogP contribution in [0.1, 0.15) is 95.0 Å². The third-order valence-corrected chi connectivity index (χ3v) is 19.7. The second-order valence-electron chi connectivity index (χ2n) is 22.2. The van der Waals surface area contributed by atoms with Crippen molar-refractivity contribution in [3.63, 3.8) is 0 Å². The van der Waals surface area contributed by atoms with Crippen LogP contribution in [-0.4, -0.2) is 0 Å². The zero-order valence-electron chi connectivity index (χ0n) is 44.0. The molecule has 0 spiro atoms. The van der Waals surface area contributed by atoms with Gasteiger partial charge in [-0.2, -0.15) is 0 Å². The molecule has 3 atom stereocenters. The molecule has 2 heteroatoms. The van der Waals surface area contributed by atoms with Crippen molar-refractivity contribution in [1.29, 1.82) is 0 Å². The molecule has 0 N–H and O–H groups in total. The van der Waals surface area contributed by atoms with Crippen LogP contribution in [-0.2, 0) is 24.0 Å². The van der Waals surface area contributed by atoms with Crippen LogP contribution in [0.3, 0.4) is 0 Å². The van der Waals surface area contributed by atoms with Gasteiger partial charge in [-0.1, -0.05) is 245 Å². The topological polar surface area (TPSA) is 0 Å². The molecule has 12 aromatic rings. The Bertz CT molecular complexity index is 4160. The first-order valence-corrected chi connectivity index (χ1v) is 29.4. The molecule has 0 fully saturated rings. The number of hydrogen-bond acceptors (Lipinski definition) is 2. The van der Waals surface area contributed by atoms with Gasteiger partial charge in [0.15, 0.2) is 0 Å². The van der Waals surface area contributed by atoms with Gasteiger partial charge in [0, 0.05) is 42.2 Å². The van der Waals surface area contributed by atoms with E-state index in [-0.39, 0.29) is 23.2 Å². The highest BCUT2D eigenvalue weighted by Gasteiger charge is 2.38. The summed E-state index contributed by atoms with van der Waals surface area (Å²) in [6.45, 7) is 7.44. The van der Waals surface area contributed by atoms with Gasteiger partial charge in [-0.15, -0.1) is 23.1 Å². The van der Waals surface area contributed by atoms with Crippen LogP contribution in [0.25, 0.3) is 75.5 Å². The van der Waals surface area contributed by atoms with Crippen molar-refractivity contribution in [2.45, 2.75) is 73.9 Å². The van der Waals surface area contributed by atoms with Gasteiger partial charge in [0.1, 0.15) is 0 Å². The zero-order valence-corrected chi connectivity index (χ0v) is 45.6. The Hall–Kier alpha value is -7.75. The Morgan fingerprint density at radius 3 is 1.81 bits per heavy atom. The van der Waals surface area contributed by atoms with Crippen molar-refractivity contribution < 1.29 is 0 Å². The summed E-state index contributed by atoms with van der Waals surface area (Å²) < 4.78 is 2.71. The first-order valence-electron chi connectivity index (χ1n) is 27.6. The summed E-state index contributed by atoms with van der Waals surface area (Å²) in [4.78, 5) is 1.40. The number of fused-ring (bicyclic) bond motifs is 11. The number of benzene rings is 11. The van der Waals surface area contributed by atoms with E-state index < -0.39 is 0 Å². The average molecular weight is 1030 g/mol. The molecule has 0 amide bonds. The minimum absolute atomic E-state index is 0.184. The van der Waals surface area contributed by atoms with Gasteiger partial charge in [-0.3, -0.25) is 0 Å². The predicted octanol–water partition coefficient (Wildman–Crippen LogP) is 21.0. The summed E-state index contributed by atoms with van der Waals surface area (Å²) in [6.07, 6.45) is 2.93. The van der Waals surface area contributed by atoms with E-state index in [0.717, 1.165) is 25.0 Å². The second-order valence-corrected chi connectivity index (χ2v) is 24.3. The van der Waals surface area contributed by atoms with E-state index in [4.69, 9.17) is 0 Å². The van der Waals surface area contributed by atoms with E-state index in [2.05, 4.69) is 263 Å². The number of thiophene rings is 1. The standard InChI is InChI=1S/C75H60S2/c1-48(68(42-49-26-28-52(29-27-49)50-16-6-4-7-17-50)58-37-39-64-62-22-11-10-20-59(62)47-76-72(64)45-58)55-34-41-67-69(43-55)75(2,3)70-44-56(61-21-12-13-24-66(61)74(67)70)35-38-60(54-32-30-53(31-33-54)51-18-8-5-9-19-51)57-36-40-65-63-23-14-15-25-71(63)77-73(65)46-57/h4-34,36-37,39-41,43-46,48,60,68H,35,38,42,47H2,1-3H3. The summed E-state index contributed by atoms with van der Waals surface area (Å²) >= 11 is 3.91. The maximum atomic E-state index is 2.61. The first kappa shape index (κ1) is 47.7. The Morgan fingerprint density at radius 1 is 0.442 bits per heavy atom. The summed E-state index contributed by atoms with van der Waals surface area (Å²) in [6, 6.07) is 92.2. The number of aryl methyl sites for hydroxylation is 1. The molecule has 0 radical (unpaired) electrons. The highest BCUT2D eigenvalue weighted by molar-refractivity contribution is 7.98. The second kappa shape index (κ2) is 19.7. The van der Waals surface area contributed by atoms with Gasteiger partial charge >= 0.3 is 0 Å². The lowest BCUT2D eigenvalue weighted by molar-refractivity contribution is 0.569. The fourth-order valence-electron chi connectivity index (χ4n) is 13.2. The molecule has 1 aliphatic heterocycles. The smallest absolute Gasteiger partial charge is 0.0358 e. The third kappa shape index (κ3) is 8.64. The molecular weight excluding hydrogens is 965 g/mol. The Morgan fingerprint density at radius 2 is 1.04 bits per heavy atom. The van der Waals surface area contributed by atoms with Crippen molar-refractivity contribution in [2.75, 3.05) is 0 Å². The predicted molar refractivity (Wildman–Crippen MR) is 331 cm³/mol. The molecular formula is C75H60S2. The van der Waals surface area contributed by atoms with Crippen LogP contribution in [0, 0.1) is 0 Å². The van der Waals surface area contributed by atoms with Crippen LogP contribution in [0.2, 0.25) is 0 Å². The summed E-state index contributed by atoms with van der Waals surface area (Å²) in [5, 5.41) is 5.44. The zero-order chi connectivity index (χ0) is 51.6. The minimum Gasteiger partial charge on any atom is -0.135 e. The van der Waals surface area contributed by atoms with E-state index in [1.807, 2.05) is 23.1 Å². The van der Waals surface area contributed by atoms with Crippen LogP contribution in [0.15, 0.2) is 248 Å². The molecule has 11 aromatic carbocycles. The van der Waals surface area contributed by atoms with E-state index in [0.29, 0.717) is 0 Å². The first-order chi connectivity index (χ1) is 37.8. The monoisotopic (exact) mass is 1020 g/mol. The number of hydrogen-bond donors (Lipinski definition) is 0. The fraction of sp³-hybridized carbons (Fsp3) is 0.147. The average Bonchev–Trinajstić information content (AvgIpc) is 4.02. The van der Waals surface area contributed by atoms with E-state index in [9.17, 15) is 0 Å². The molecule has 0 saturated carbocycles. The maximum Gasteiger partial charge on any atom is 0.0358 e. The van der Waals surface area contributed by atoms with Crippen molar-refractivity contribution in [3.8, 4) is 44.5 Å². The lowest BCUT2D eigenvalue weighted by Gasteiger charge is -2.29. The highest BCUT2D eigenvalue weighted by Crippen LogP contribution is 2.54. The van der Waals surface area contributed by atoms with Crippen molar-refractivity contribution in [2.24, 2.45) is 0 Å². The van der Waals surface area contributed by atoms with Gasteiger partial charge in [-0.25, -0.2) is 0 Å². The molecule has 1 aromatic heterocycles. The largest absolute Gasteiger partial charge is 0.135 e. The molecule has 372 valence electrons. The molecule has 3 unspecified atom stereocenters. The molecule has 2 aliphatic rings. The van der Waals surface area contributed by atoms with Crippen LogP contribution in [0.4, 0.5) is 0 Å². The highest BCUT2D eigenvalue weighted by atomic mass is 32.2. The molecule has 0 saturated heterocycles. The molecule has 0 nitrogen and oxygen atoms in total. The summed E-state index contributed by atoms with van der Waals surface area (Å²) in [7, 11) is 0. The molecule has 2 heterocycles. The SMILES string of the molecule is CC(c1ccc2c(c1)C(C)(C)c1cc(CCC(c3ccc(-c4ccccc4)cc3)c3ccc4c(c3)sc3ccccc34)c3ccccc3c1-2)C(Cc1ccc(-c2ccccc2)cc1)c1ccc2c(c1)SCc1ccccc1-2. The third-order valence-electron chi connectivity index (χ3n) is 17.5. The van der Waals surface area contributed by atoms with Gasteiger partial charge < -0.3 is 0 Å². The van der Waals surface area contributed by atoms with E-state index in [1.54, 1.807) is 0 Å². The van der Waals surface area contributed by atoms with Crippen molar-refractivity contribution in [3.05, 3.63) is 293 Å². The number of thioether (sulfide) groups is 1. The molecule has 1 aliphatic carbocycles. The molecule has 0 bridgehead atoms.